The van der Waals surface area contributed by atoms with Crippen LogP contribution in [0.15, 0.2) is 35.5 Å². The van der Waals surface area contributed by atoms with E-state index in [4.69, 9.17) is 4.98 Å². The first-order valence-corrected chi connectivity index (χ1v) is 9.66. The number of nitrogens with zero attached hydrogens (tertiary/aromatic N) is 5. The Hall–Kier alpha value is -1.57. The van der Waals surface area contributed by atoms with Crippen LogP contribution >= 0.6 is 22.7 Å². The fraction of sp³-hybridized carbons (Fsp3) is 0.438. The largest absolute Gasteiger partial charge is 0.297 e. The van der Waals surface area contributed by atoms with Crippen molar-refractivity contribution in [1.82, 2.24) is 24.6 Å². The molecule has 0 saturated carbocycles. The van der Waals surface area contributed by atoms with Gasteiger partial charge in [0.1, 0.15) is 17.7 Å². The highest BCUT2D eigenvalue weighted by Gasteiger charge is 2.21. The molecule has 1 aliphatic heterocycles. The highest BCUT2D eigenvalue weighted by molar-refractivity contribution is 7.20. The van der Waals surface area contributed by atoms with Crippen molar-refractivity contribution in [2.24, 2.45) is 5.92 Å². The Morgan fingerprint density at radius 1 is 1.30 bits per heavy atom. The number of thiophene rings is 1. The Labute approximate surface area is 143 Å². The lowest BCUT2D eigenvalue weighted by Gasteiger charge is -2.32. The summed E-state index contributed by atoms with van der Waals surface area (Å²) >= 11 is 3.51. The predicted molar refractivity (Wildman–Crippen MR) is 93.5 cm³/mol. The summed E-state index contributed by atoms with van der Waals surface area (Å²) in [4.78, 5) is 12.6. The van der Waals surface area contributed by atoms with Crippen molar-refractivity contribution in [2.75, 3.05) is 13.1 Å². The van der Waals surface area contributed by atoms with Gasteiger partial charge >= 0.3 is 0 Å². The van der Waals surface area contributed by atoms with Gasteiger partial charge in [0.2, 0.25) is 0 Å². The van der Waals surface area contributed by atoms with Gasteiger partial charge in [0, 0.05) is 25.0 Å². The summed E-state index contributed by atoms with van der Waals surface area (Å²) in [6, 6.07) is 4.22. The molecule has 0 aliphatic carbocycles. The van der Waals surface area contributed by atoms with Crippen LogP contribution in [0.5, 0.6) is 0 Å². The molecule has 1 atom stereocenters. The van der Waals surface area contributed by atoms with Crippen LogP contribution in [0.25, 0.3) is 9.88 Å². The minimum absolute atomic E-state index is 0.654. The molecule has 1 fully saturated rings. The number of piperidine rings is 1. The summed E-state index contributed by atoms with van der Waals surface area (Å²) < 4.78 is 1.95. The highest BCUT2D eigenvalue weighted by atomic mass is 32.1. The van der Waals surface area contributed by atoms with E-state index in [1.165, 1.54) is 30.0 Å². The van der Waals surface area contributed by atoms with E-state index in [9.17, 15) is 0 Å². The summed E-state index contributed by atoms with van der Waals surface area (Å²) in [5, 5.41) is 9.68. The lowest BCUT2D eigenvalue weighted by atomic mass is 9.98. The van der Waals surface area contributed by atoms with Crippen LogP contribution in [0.1, 0.15) is 18.5 Å². The first-order chi connectivity index (χ1) is 11.4. The number of likely N-dealkylation sites (tertiary alicyclic amines) is 1. The molecule has 0 aromatic carbocycles. The fourth-order valence-corrected chi connectivity index (χ4v) is 4.78. The van der Waals surface area contributed by atoms with Crippen LogP contribution in [0.2, 0.25) is 0 Å². The highest BCUT2D eigenvalue weighted by Crippen LogP contribution is 2.28. The zero-order valence-electron chi connectivity index (χ0n) is 12.8. The van der Waals surface area contributed by atoms with Crippen LogP contribution in [-0.2, 0) is 13.1 Å². The van der Waals surface area contributed by atoms with E-state index in [1.807, 2.05) is 11.0 Å². The maximum atomic E-state index is 4.81. The van der Waals surface area contributed by atoms with Crippen molar-refractivity contribution in [1.29, 1.82) is 0 Å². The fourth-order valence-electron chi connectivity index (χ4n) is 3.16. The molecule has 23 heavy (non-hydrogen) atoms. The molecule has 1 aliphatic rings. The summed E-state index contributed by atoms with van der Waals surface area (Å²) in [6.07, 6.45) is 5.95. The van der Waals surface area contributed by atoms with E-state index in [0.29, 0.717) is 5.92 Å². The molecule has 0 radical (unpaired) electrons. The molecule has 0 spiro atoms. The quantitative estimate of drug-likeness (QED) is 0.711. The van der Waals surface area contributed by atoms with Gasteiger partial charge < -0.3 is 0 Å². The molecule has 4 rings (SSSR count). The second-order valence-corrected chi connectivity index (χ2v) is 7.79. The van der Waals surface area contributed by atoms with Crippen molar-refractivity contribution in [2.45, 2.75) is 25.9 Å². The van der Waals surface area contributed by atoms with Crippen LogP contribution in [0.4, 0.5) is 0 Å². The van der Waals surface area contributed by atoms with E-state index in [-0.39, 0.29) is 0 Å². The summed E-state index contributed by atoms with van der Waals surface area (Å²) in [5.74, 6) is 0.654. The second-order valence-electron chi connectivity index (χ2n) is 5.98. The summed E-state index contributed by atoms with van der Waals surface area (Å²) in [6.45, 7) is 4.20. The van der Waals surface area contributed by atoms with Crippen molar-refractivity contribution in [3.63, 3.8) is 0 Å². The smallest absolute Gasteiger partial charge is 0.137 e. The number of aromatic nitrogens is 4. The zero-order valence-corrected chi connectivity index (χ0v) is 14.5. The number of hydrogen-bond donors (Lipinski definition) is 0. The van der Waals surface area contributed by atoms with Crippen molar-refractivity contribution >= 4 is 22.7 Å². The molecule has 3 aromatic rings. The molecule has 0 N–H and O–H groups in total. The van der Waals surface area contributed by atoms with E-state index in [0.717, 1.165) is 24.6 Å². The van der Waals surface area contributed by atoms with E-state index in [2.05, 4.69) is 37.9 Å². The Morgan fingerprint density at radius 2 is 2.30 bits per heavy atom. The summed E-state index contributed by atoms with van der Waals surface area (Å²) in [7, 11) is 0. The predicted octanol–water partition coefficient (Wildman–Crippen LogP) is 3.38. The van der Waals surface area contributed by atoms with E-state index >= 15 is 0 Å². The van der Waals surface area contributed by atoms with Gasteiger partial charge in [-0.15, -0.1) is 22.7 Å². The van der Waals surface area contributed by atoms with Gasteiger partial charge in [-0.1, -0.05) is 6.07 Å². The van der Waals surface area contributed by atoms with Crippen molar-refractivity contribution in [3.8, 4) is 9.88 Å². The first kappa shape index (κ1) is 15.0. The normalized spacial score (nSPS) is 19.2. The zero-order chi connectivity index (χ0) is 15.5. The summed E-state index contributed by atoms with van der Waals surface area (Å²) in [5.41, 5.74) is 1.19. The Balaban J connectivity index is 1.37. The van der Waals surface area contributed by atoms with Gasteiger partial charge in [-0.3, -0.25) is 9.58 Å². The van der Waals surface area contributed by atoms with Gasteiger partial charge in [-0.05, 0) is 36.8 Å². The van der Waals surface area contributed by atoms with Crippen LogP contribution in [0.3, 0.4) is 0 Å². The minimum Gasteiger partial charge on any atom is -0.297 e. The number of hydrogen-bond acceptors (Lipinski definition) is 6. The molecule has 3 aromatic heterocycles. The maximum absolute atomic E-state index is 4.81. The molecule has 7 heteroatoms. The van der Waals surface area contributed by atoms with Crippen LogP contribution in [0, 0.1) is 5.92 Å². The van der Waals surface area contributed by atoms with Gasteiger partial charge in [0.05, 0.1) is 10.6 Å². The Bertz CT molecular complexity index is 720. The third-order valence-electron chi connectivity index (χ3n) is 4.18. The molecule has 120 valence electrons. The van der Waals surface area contributed by atoms with Gasteiger partial charge in [-0.25, -0.2) is 9.97 Å². The van der Waals surface area contributed by atoms with E-state index < -0.39 is 0 Å². The standard InChI is InChI=1S/C16H19N5S2/c1-3-13(8-21-12-17-11-18-21)7-20(5-1)9-14-10-23-16(19-14)15-4-2-6-22-15/h2,4,6,10-13H,1,3,5,7-9H2/t13-/m1/s1. The van der Waals surface area contributed by atoms with E-state index in [1.54, 1.807) is 29.0 Å². The maximum Gasteiger partial charge on any atom is 0.137 e. The monoisotopic (exact) mass is 345 g/mol. The Morgan fingerprint density at radius 3 is 3.13 bits per heavy atom. The molecular formula is C16H19N5S2. The average molecular weight is 345 g/mol. The second kappa shape index (κ2) is 6.90. The Kier molecular flexibility index (Phi) is 4.50. The average Bonchev–Trinajstić information content (AvgIpc) is 3.30. The molecule has 1 saturated heterocycles. The topological polar surface area (TPSA) is 46.8 Å². The molecule has 0 bridgehead atoms. The van der Waals surface area contributed by atoms with Crippen molar-refractivity contribution in [3.05, 3.63) is 41.2 Å². The molecular weight excluding hydrogens is 326 g/mol. The van der Waals surface area contributed by atoms with Gasteiger partial charge in [0.15, 0.2) is 0 Å². The van der Waals surface area contributed by atoms with Crippen molar-refractivity contribution < 1.29 is 0 Å². The molecule has 5 nitrogen and oxygen atoms in total. The lowest BCUT2D eigenvalue weighted by molar-refractivity contribution is 0.152. The number of thiazole rings is 1. The van der Waals surface area contributed by atoms with Crippen LogP contribution < -0.4 is 0 Å². The third kappa shape index (κ3) is 3.68. The first-order valence-electron chi connectivity index (χ1n) is 7.90. The molecule has 0 amide bonds. The van der Waals surface area contributed by atoms with Crippen LogP contribution in [-0.4, -0.2) is 37.7 Å². The molecule has 4 heterocycles. The minimum atomic E-state index is 0.654. The van der Waals surface area contributed by atoms with Gasteiger partial charge in [0.25, 0.3) is 0 Å². The lowest BCUT2D eigenvalue weighted by Crippen LogP contribution is -2.36. The molecule has 0 unspecified atom stereocenters. The van der Waals surface area contributed by atoms with Gasteiger partial charge in [-0.2, -0.15) is 5.10 Å². The number of rotatable bonds is 5. The third-order valence-corrected chi connectivity index (χ3v) is 6.11. The SMILES string of the molecule is c1csc(-c2nc(CN3CCC[C@@H](Cn4cncn4)C3)cs2)c1.